The van der Waals surface area contributed by atoms with Crippen LogP contribution < -0.4 is 5.43 Å². The van der Waals surface area contributed by atoms with Crippen molar-refractivity contribution < 1.29 is 14.8 Å². The summed E-state index contributed by atoms with van der Waals surface area (Å²) in [6.07, 6.45) is -0.0335. The molecular formula is C13H11N3O4S. The van der Waals surface area contributed by atoms with E-state index < -0.39 is 16.9 Å². The Balaban J connectivity index is 1.94. The molecule has 0 aliphatic heterocycles. The first-order chi connectivity index (χ1) is 10.1. The molecule has 1 aromatic carbocycles. The second kappa shape index (κ2) is 6.73. The lowest BCUT2D eigenvalue weighted by atomic mass is 10.1. The van der Waals surface area contributed by atoms with Crippen molar-refractivity contribution in [2.24, 2.45) is 5.10 Å². The van der Waals surface area contributed by atoms with Crippen LogP contribution in [0.15, 0.2) is 47.6 Å². The van der Waals surface area contributed by atoms with E-state index in [4.69, 9.17) is 0 Å². The van der Waals surface area contributed by atoms with Crippen LogP contribution in [0.2, 0.25) is 0 Å². The Morgan fingerprint density at radius 3 is 2.67 bits per heavy atom. The van der Waals surface area contributed by atoms with E-state index in [1.54, 1.807) is 30.3 Å². The van der Waals surface area contributed by atoms with Gasteiger partial charge in [0.1, 0.15) is 0 Å². The van der Waals surface area contributed by atoms with Crippen molar-refractivity contribution in [2.45, 2.75) is 6.10 Å². The molecular weight excluding hydrogens is 294 g/mol. The van der Waals surface area contributed by atoms with Crippen LogP contribution in [0.4, 0.5) is 5.00 Å². The maximum absolute atomic E-state index is 11.7. The fraction of sp³-hybridized carbons (Fsp3) is 0.0769. The van der Waals surface area contributed by atoms with Crippen LogP contribution in [0.3, 0.4) is 0 Å². The Morgan fingerprint density at radius 1 is 1.33 bits per heavy atom. The van der Waals surface area contributed by atoms with Crippen molar-refractivity contribution >= 4 is 28.5 Å². The molecule has 21 heavy (non-hydrogen) atoms. The minimum atomic E-state index is -1.32. The minimum Gasteiger partial charge on any atom is -0.378 e. The molecule has 108 valence electrons. The topological polar surface area (TPSA) is 105 Å². The minimum absolute atomic E-state index is 0.00732. The number of aliphatic hydroxyl groups is 1. The Kier molecular flexibility index (Phi) is 4.75. The van der Waals surface area contributed by atoms with E-state index in [0.29, 0.717) is 10.4 Å². The fourth-order valence-electron chi connectivity index (χ4n) is 1.52. The molecule has 0 spiro atoms. The smallest absolute Gasteiger partial charge is 0.324 e. The molecule has 1 heterocycles. The van der Waals surface area contributed by atoms with Gasteiger partial charge in [0, 0.05) is 6.07 Å². The lowest BCUT2D eigenvalue weighted by Gasteiger charge is -2.08. The molecule has 0 saturated carbocycles. The van der Waals surface area contributed by atoms with E-state index in [9.17, 15) is 20.0 Å². The SMILES string of the molecule is O=C(N/N=C\c1ccc([N+](=O)[O-])s1)[C@H](O)c1ccccc1. The first-order valence-corrected chi connectivity index (χ1v) is 6.70. The van der Waals surface area contributed by atoms with E-state index in [1.807, 2.05) is 0 Å². The van der Waals surface area contributed by atoms with Crippen LogP contribution in [-0.2, 0) is 4.79 Å². The number of carbonyl (C=O) groups is 1. The highest BCUT2D eigenvalue weighted by Crippen LogP contribution is 2.22. The molecule has 0 unspecified atom stereocenters. The van der Waals surface area contributed by atoms with Gasteiger partial charge in [-0.05, 0) is 11.6 Å². The molecule has 0 bridgehead atoms. The normalized spacial score (nSPS) is 12.2. The van der Waals surface area contributed by atoms with Gasteiger partial charge in [0.2, 0.25) is 0 Å². The first-order valence-electron chi connectivity index (χ1n) is 5.88. The Labute approximate surface area is 123 Å². The number of hydrogen-bond acceptors (Lipinski definition) is 6. The number of amides is 1. The van der Waals surface area contributed by atoms with Gasteiger partial charge < -0.3 is 5.11 Å². The standard InChI is InChI=1S/C13H11N3O4S/c17-12(9-4-2-1-3-5-9)13(18)15-14-8-10-6-7-11(21-10)16(19)20/h1-8,12,17H,(H,15,18)/b14-8-/t12-/m1/s1. The zero-order valence-electron chi connectivity index (χ0n) is 10.7. The van der Waals surface area contributed by atoms with E-state index in [0.717, 1.165) is 11.3 Å². The largest absolute Gasteiger partial charge is 0.378 e. The molecule has 2 rings (SSSR count). The Hall–Kier alpha value is -2.58. The zero-order chi connectivity index (χ0) is 15.2. The van der Waals surface area contributed by atoms with Crippen LogP contribution >= 0.6 is 11.3 Å². The highest BCUT2D eigenvalue weighted by molar-refractivity contribution is 7.16. The summed E-state index contributed by atoms with van der Waals surface area (Å²) >= 11 is 0.935. The van der Waals surface area contributed by atoms with Crippen molar-refractivity contribution in [3.05, 3.63) is 63.0 Å². The van der Waals surface area contributed by atoms with E-state index in [2.05, 4.69) is 10.5 Å². The maximum Gasteiger partial charge on any atom is 0.324 e. The summed E-state index contributed by atoms with van der Waals surface area (Å²) in [5.41, 5.74) is 2.64. The molecule has 0 radical (unpaired) electrons. The number of nitrogens with zero attached hydrogens (tertiary/aromatic N) is 2. The summed E-state index contributed by atoms with van der Waals surface area (Å²) in [7, 11) is 0. The Bertz CT molecular complexity index is 669. The predicted molar refractivity (Wildman–Crippen MR) is 78.1 cm³/mol. The van der Waals surface area contributed by atoms with Gasteiger partial charge >= 0.3 is 5.00 Å². The van der Waals surface area contributed by atoms with Gasteiger partial charge in [-0.25, -0.2) is 5.43 Å². The zero-order valence-corrected chi connectivity index (χ0v) is 11.5. The predicted octanol–water partition coefficient (Wildman–Crippen LogP) is 1.84. The van der Waals surface area contributed by atoms with Crippen molar-refractivity contribution in [3.63, 3.8) is 0 Å². The monoisotopic (exact) mass is 305 g/mol. The summed E-state index contributed by atoms with van der Waals surface area (Å²) in [5.74, 6) is -0.677. The molecule has 0 aliphatic rings. The van der Waals surface area contributed by atoms with E-state index in [-0.39, 0.29) is 5.00 Å². The fourth-order valence-corrected chi connectivity index (χ4v) is 2.21. The second-order valence-corrected chi connectivity index (χ2v) is 5.07. The number of nitrogens with one attached hydrogen (secondary N) is 1. The summed E-state index contributed by atoms with van der Waals surface area (Å²) in [4.78, 5) is 22.2. The summed E-state index contributed by atoms with van der Waals surface area (Å²) in [5, 5.41) is 24.0. The third kappa shape index (κ3) is 3.94. The lowest BCUT2D eigenvalue weighted by molar-refractivity contribution is -0.380. The van der Waals surface area contributed by atoms with Crippen molar-refractivity contribution in [3.8, 4) is 0 Å². The van der Waals surface area contributed by atoms with Gasteiger partial charge in [-0.2, -0.15) is 5.10 Å². The molecule has 0 aliphatic carbocycles. The lowest BCUT2D eigenvalue weighted by Crippen LogP contribution is -2.25. The number of aliphatic hydroxyl groups excluding tert-OH is 1. The van der Waals surface area contributed by atoms with Gasteiger partial charge in [-0.1, -0.05) is 41.7 Å². The molecule has 0 saturated heterocycles. The Morgan fingerprint density at radius 2 is 2.05 bits per heavy atom. The molecule has 1 atom stereocenters. The summed E-state index contributed by atoms with van der Waals surface area (Å²) in [6.45, 7) is 0. The molecule has 2 N–H and O–H groups in total. The molecule has 7 nitrogen and oxygen atoms in total. The maximum atomic E-state index is 11.7. The average Bonchev–Trinajstić information content (AvgIpc) is 2.96. The number of nitro groups is 1. The number of thiophene rings is 1. The summed E-state index contributed by atoms with van der Waals surface area (Å²) in [6, 6.07) is 11.3. The summed E-state index contributed by atoms with van der Waals surface area (Å²) < 4.78 is 0. The number of rotatable bonds is 5. The third-order valence-electron chi connectivity index (χ3n) is 2.52. The molecule has 8 heteroatoms. The van der Waals surface area contributed by atoms with Crippen molar-refractivity contribution in [1.29, 1.82) is 0 Å². The van der Waals surface area contributed by atoms with Gasteiger partial charge in [-0.3, -0.25) is 14.9 Å². The van der Waals surface area contributed by atoms with Crippen LogP contribution in [0, 0.1) is 10.1 Å². The van der Waals surface area contributed by atoms with Gasteiger partial charge in [0.05, 0.1) is 16.0 Å². The molecule has 2 aromatic rings. The first kappa shape index (κ1) is 14.8. The molecule has 1 aromatic heterocycles. The second-order valence-electron chi connectivity index (χ2n) is 3.98. The highest BCUT2D eigenvalue weighted by atomic mass is 32.1. The van der Waals surface area contributed by atoms with Crippen LogP contribution in [-0.4, -0.2) is 22.2 Å². The van der Waals surface area contributed by atoms with Crippen molar-refractivity contribution in [1.82, 2.24) is 5.43 Å². The van der Waals surface area contributed by atoms with Gasteiger partial charge in [0.15, 0.2) is 6.10 Å². The molecule has 1 amide bonds. The van der Waals surface area contributed by atoms with Gasteiger partial charge in [-0.15, -0.1) is 0 Å². The molecule has 0 fully saturated rings. The van der Waals surface area contributed by atoms with Crippen LogP contribution in [0.5, 0.6) is 0 Å². The van der Waals surface area contributed by atoms with Gasteiger partial charge in [0.25, 0.3) is 5.91 Å². The highest BCUT2D eigenvalue weighted by Gasteiger charge is 2.16. The van der Waals surface area contributed by atoms with Crippen LogP contribution in [0.25, 0.3) is 0 Å². The van der Waals surface area contributed by atoms with E-state index >= 15 is 0 Å². The van der Waals surface area contributed by atoms with Crippen molar-refractivity contribution in [2.75, 3.05) is 0 Å². The van der Waals surface area contributed by atoms with Crippen LogP contribution in [0.1, 0.15) is 16.5 Å². The number of hydrazone groups is 1. The van der Waals surface area contributed by atoms with E-state index in [1.165, 1.54) is 18.3 Å². The quantitative estimate of drug-likeness (QED) is 0.499. The number of hydrogen-bond donors (Lipinski definition) is 2. The average molecular weight is 305 g/mol. The number of benzene rings is 1. The number of carbonyl (C=O) groups excluding carboxylic acids is 1. The third-order valence-corrected chi connectivity index (χ3v) is 3.49.